The molecule has 2 aromatic heterocycles. The fraction of sp³-hybridized carbons (Fsp3) is 0.312. The van der Waals surface area contributed by atoms with Crippen LogP contribution in [0.4, 0.5) is 5.95 Å². The summed E-state index contributed by atoms with van der Waals surface area (Å²) in [5.74, 6) is 2.40. The highest BCUT2D eigenvalue weighted by Crippen LogP contribution is 2.16. The highest BCUT2D eigenvalue weighted by molar-refractivity contribution is 7.99. The van der Waals surface area contributed by atoms with Gasteiger partial charge in [-0.25, -0.2) is 4.98 Å². The molecule has 0 atom stereocenters. The molecular weight excluding hydrogens is 354 g/mol. The van der Waals surface area contributed by atoms with Crippen molar-refractivity contribution in [1.29, 1.82) is 0 Å². The molecular formula is C16H19N7O2S. The van der Waals surface area contributed by atoms with Gasteiger partial charge in [-0.15, -0.1) is 5.10 Å². The molecule has 0 saturated carbocycles. The minimum absolute atomic E-state index is 0.222. The van der Waals surface area contributed by atoms with Gasteiger partial charge in [0.1, 0.15) is 12.1 Å². The molecule has 10 heteroatoms. The smallest absolute Gasteiger partial charge is 0.322 e. The van der Waals surface area contributed by atoms with Crippen LogP contribution >= 0.6 is 11.8 Å². The van der Waals surface area contributed by atoms with Gasteiger partial charge in [0, 0.05) is 19.8 Å². The lowest BCUT2D eigenvalue weighted by Crippen LogP contribution is -2.16. The van der Waals surface area contributed by atoms with Gasteiger partial charge in [-0.2, -0.15) is 19.6 Å². The highest BCUT2D eigenvalue weighted by atomic mass is 32.2. The summed E-state index contributed by atoms with van der Waals surface area (Å²) < 4.78 is 12.3. The van der Waals surface area contributed by atoms with Crippen LogP contribution < -0.4 is 14.4 Å². The van der Waals surface area contributed by atoms with Gasteiger partial charge < -0.3 is 14.4 Å². The number of nitrogens with zero attached hydrogens (tertiary/aromatic N) is 7. The quantitative estimate of drug-likeness (QED) is 0.432. The summed E-state index contributed by atoms with van der Waals surface area (Å²) in [4.78, 5) is 18.8. The third kappa shape index (κ3) is 4.60. The number of thioether (sulfide) groups is 1. The Morgan fingerprint density at radius 1 is 1.12 bits per heavy atom. The summed E-state index contributed by atoms with van der Waals surface area (Å²) in [6.45, 7) is 0.563. The number of benzene rings is 1. The molecule has 3 rings (SSSR count). The fourth-order valence-corrected chi connectivity index (χ4v) is 2.57. The number of para-hydroxylation sites is 1. The Kier molecular flexibility index (Phi) is 5.84. The first-order valence-corrected chi connectivity index (χ1v) is 8.84. The van der Waals surface area contributed by atoms with Gasteiger partial charge in [0.15, 0.2) is 0 Å². The predicted octanol–water partition coefficient (Wildman–Crippen LogP) is 1.70. The van der Waals surface area contributed by atoms with Gasteiger partial charge in [-0.3, -0.25) is 0 Å². The standard InChI is InChI=1S/C16H19N7O2S/c1-22(2)13-18-14(20-15(19-13)24-3)23-11-17-16(21-23)26-10-9-25-12-7-5-4-6-8-12/h4-8,11H,9-10H2,1-3H3. The van der Waals surface area contributed by atoms with Crippen molar-refractivity contribution in [3.05, 3.63) is 36.7 Å². The van der Waals surface area contributed by atoms with Gasteiger partial charge in [0.2, 0.25) is 11.1 Å². The molecule has 0 amide bonds. The molecule has 2 heterocycles. The number of hydrogen-bond donors (Lipinski definition) is 0. The van der Waals surface area contributed by atoms with E-state index in [0.29, 0.717) is 23.7 Å². The van der Waals surface area contributed by atoms with E-state index < -0.39 is 0 Å². The van der Waals surface area contributed by atoms with Crippen molar-refractivity contribution in [2.75, 3.05) is 38.5 Å². The van der Waals surface area contributed by atoms with Gasteiger partial charge in [0.05, 0.1) is 13.7 Å². The van der Waals surface area contributed by atoms with Crippen molar-refractivity contribution in [3.63, 3.8) is 0 Å². The third-order valence-electron chi connectivity index (χ3n) is 3.18. The second-order valence-corrected chi connectivity index (χ2v) is 6.36. The van der Waals surface area contributed by atoms with Gasteiger partial charge in [0.25, 0.3) is 5.95 Å². The average molecular weight is 373 g/mol. The van der Waals surface area contributed by atoms with Crippen LogP contribution in [0.5, 0.6) is 11.8 Å². The van der Waals surface area contributed by atoms with Crippen LogP contribution in [0.15, 0.2) is 41.8 Å². The SMILES string of the molecule is COc1nc(N(C)C)nc(-n2cnc(SCCOc3ccccc3)n2)n1. The maximum absolute atomic E-state index is 5.65. The molecule has 26 heavy (non-hydrogen) atoms. The number of rotatable bonds is 8. The Labute approximate surface area is 155 Å². The first kappa shape index (κ1) is 17.9. The second-order valence-electron chi connectivity index (χ2n) is 5.30. The van der Waals surface area contributed by atoms with Crippen molar-refractivity contribution >= 4 is 17.7 Å². The molecule has 0 aliphatic carbocycles. The molecule has 0 N–H and O–H groups in total. The number of anilines is 1. The lowest BCUT2D eigenvalue weighted by Gasteiger charge is -2.11. The van der Waals surface area contributed by atoms with E-state index in [0.717, 1.165) is 11.5 Å². The van der Waals surface area contributed by atoms with Crippen LogP contribution in [0.2, 0.25) is 0 Å². The van der Waals surface area contributed by atoms with E-state index in [-0.39, 0.29) is 6.01 Å². The Morgan fingerprint density at radius 2 is 1.92 bits per heavy atom. The van der Waals surface area contributed by atoms with Gasteiger partial charge in [-0.1, -0.05) is 30.0 Å². The van der Waals surface area contributed by atoms with E-state index in [9.17, 15) is 0 Å². The number of methoxy groups -OCH3 is 1. The third-order valence-corrected chi connectivity index (χ3v) is 3.99. The molecule has 0 aliphatic heterocycles. The van der Waals surface area contributed by atoms with Crippen molar-refractivity contribution < 1.29 is 9.47 Å². The lowest BCUT2D eigenvalue weighted by molar-refractivity contribution is 0.344. The van der Waals surface area contributed by atoms with Crippen LogP contribution in [0.25, 0.3) is 5.95 Å². The maximum Gasteiger partial charge on any atom is 0.322 e. The summed E-state index contributed by atoms with van der Waals surface area (Å²) in [6.07, 6.45) is 1.56. The van der Waals surface area contributed by atoms with Crippen LogP contribution in [-0.4, -0.2) is 63.3 Å². The van der Waals surface area contributed by atoms with Gasteiger partial charge in [-0.05, 0) is 12.1 Å². The van der Waals surface area contributed by atoms with E-state index in [2.05, 4.69) is 25.0 Å². The molecule has 1 aromatic carbocycles. The molecule has 0 spiro atoms. The summed E-state index contributed by atoms with van der Waals surface area (Å²) in [5, 5.41) is 5.01. The zero-order chi connectivity index (χ0) is 18.4. The summed E-state index contributed by atoms with van der Waals surface area (Å²) in [5.41, 5.74) is 0. The Hall–Kier alpha value is -2.88. The average Bonchev–Trinajstić information content (AvgIpc) is 3.14. The molecule has 0 radical (unpaired) electrons. The molecule has 0 aliphatic rings. The van der Waals surface area contributed by atoms with Crippen molar-refractivity contribution in [2.24, 2.45) is 0 Å². The first-order valence-electron chi connectivity index (χ1n) is 7.86. The molecule has 0 fully saturated rings. The Bertz CT molecular complexity index is 842. The maximum atomic E-state index is 5.65. The molecule has 0 unspecified atom stereocenters. The van der Waals surface area contributed by atoms with E-state index in [4.69, 9.17) is 9.47 Å². The number of ether oxygens (including phenoxy) is 2. The zero-order valence-corrected chi connectivity index (χ0v) is 15.6. The van der Waals surface area contributed by atoms with E-state index in [1.165, 1.54) is 23.6 Å². The zero-order valence-electron chi connectivity index (χ0n) is 14.7. The van der Waals surface area contributed by atoms with Crippen molar-refractivity contribution in [2.45, 2.75) is 5.16 Å². The van der Waals surface area contributed by atoms with Crippen molar-refractivity contribution in [3.8, 4) is 17.7 Å². The number of aromatic nitrogens is 6. The topological polar surface area (TPSA) is 91.1 Å². The van der Waals surface area contributed by atoms with Crippen LogP contribution in [0, 0.1) is 0 Å². The Morgan fingerprint density at radius 3 is 2.65 bits per heavy atom. The van der Waals surface area contributed by atoms with Crippen LogP contribution in [-0.2, 0) is 0 Å². The summed E-state index contributed by atoms with van der Waals surface area (Å²) >= 11 is 1.49. The monoisotopic (exact) mass is 373 g/mol. The first-order chi connectivity index (χ1) is 12.7. The Balaban J connectivity index is 1.61. The lowest BCUT2D eigenvalue weighted by atomic mass is 10.3. The fourth-order valence-electron chi connectivity index (χ4n) is 1.95. The van der Waals surface area contributed by atoms with Crippen LogP contribution in [0.1, 0.15) is 0 Å². The molecule has 3 aromatic rings. The minimum Gasteiger partial charge on any atom is -0.493 e. The second kappa shape index (κ2) is 8.48. The van der Waals surface area contributed by atoms with E-state index in [1.54, 1.807) is 11.2 Å². The highest BCUT2D eigenvalue weighted by Gasteiger charge is 2.12. The molecule has 0 saturated heterocycles. The van der Waals surface area contributed by atoms with E-state index in [1.807, 2.05) is 44.4 Å². The summed E-state index contributed by atoms with van der Waals surface area (Å²) in [7, 11) is 5.19. The van der Waals surface area contributed by atoms with E-state index >= 15 is 0 Å². The van der Waals surface area contributed by atoms with Crippen molar-refractivity contribution in [1.82, 2.24) is 29.7 Å². The molecule has 136 valence electrons. The van der Waals surface area contributed by atoms with Gasteiger partial charge >= 0.3 is 6.01 Å². The minimum atomic E-state index is 0.222. The predicted molar refractivity (Wildman–Crippen MR) is 98.3 cm³/mol. The van der Waals surface area contributed by atoms with Crippen LogP contribution in [0.3, 0.4) is 0 Å². The summed E-state index contributed by atoms with van der Waals surface area (Å²) in [6, 6.07) is 9.91. The number of hydrogen-bond acceptors (Lipinski definition) is 9. The molecule has 0 bridgehead atoms. The normalized spacial score (nSPS) is 10.6. The largest absolute Gasteiger partial charge is 0.493 e. The molecule has 9 nitrogen and oxygen atoms in total.